The molecule has 0 aliphatic heterocycles. The van der Waals surface area contributed by atoms with E-state index in [2.05, 4.69) is 36.5 Å². The van der Waals surface area contributed by atoms with E-state index in [9.17, 15) is 4.79 Å². The number of nitrogens with two attached hydrogens (primary N) is 1. The Labute approximate surface area is 121 Å². The summed E-state index contributed by atoms with van der Waals surface area (Å²) < 4.78 is 0. The SMILES string of the molecule is CCCC(C)(N)C(=O)NCC1(c2ccccc2C)CC1. The van der Waals surface area contributed by atoms with Gasteiger partial charge in [-0.1, -0.05) is 37.6 Å². The standard InChI is InChI=1S/C17H26N2O/c1-4-9-16(3,18)15(20)19-12-17(10-11-17)14-8-6-5-7-13(14)2/h5-8H,4,9-12,18H2,1-3H3,(H,19,20). The van der Waals surface area contributed by atoms with Gasteiger partial charge in [-0.25, -0.2) is 0 Å². The molecule has 0 spiro atoms. The molecule has 0 radical (unpaired) electrons. The van der Waals surface area contributed by atoms with Crippen LogP contribution in [0.2, 0.25) is 0 Å². The zero-order chi connectivity index (χ0) is 14.8. The highest BCUT2D eigenvalue weighted by Gasteiger charge is 2.45. The molecule has 1 amide bonds. The van der Waals surface area contributed by atoms with Gasteiger partial charge in [0.25, 0.3) is 0 Å². The van der Waals surface area contributed by atoms with Gasteiger partial charge in [0.1, 0.15) is 0 Å². The van der Waals surface area contributed by atoms with Crippen molar-refractivity contribution in [1.29, 1.82) is 0 Å². The first-order valence-electron chi connectivity index (χ1n) is 7.55. The van der Waals surface area contributed by atoms with Gasteiger partial charge in [-0.05, 0) is 44.2 Å². The van der Waals surface area contributed by atoms with E-state index < -0.39 is 5.54 Å². The molecule has 0 saturated heterocycles. The second-order valence-corrected chi connectivity index (χ2v) is 6.45. The number of benzene rings is 1. The second kappa shape index (κ2) is 5.57. The lowest BCUT2D eigenvalue weighted by Crippen LogP contribution is -2.52. The molecular formula is C17H26N2O. The van der Waals surface area contributed by atoms with E-state index in [1.807, 2.05) is 13.8 Å². The molecule has 1 aromatic rings. The number of nitrogens with one attached hydrogen (secondary N) is 1. The van der Waals surface area contributed by atoms with E-state index in [4.69, 9.17) is 5.73 Å². The molecule has 1 fully saturated rings. The highest BCUT2D eigenvalue weighted by Crippen LogP contribution is 2.48. The average molecular weight is 274 g/mol. The Bertz CT molecular complexity index is 490. The van der Waals surface area contributed by atoms with Gasteiger partial charge < -0.3 is 11.1 Å². The highest BCUT2D eigenvalue weighted by molar-refractivity contribution is 5.85. The number of aryl methyl sites for hydroxylation is 1. The second-order valence-electron chi connectivity index (χ2n) is 6.45. The molecule has 0 heterocycles. The molecule has 0 bridgehead atoms. The lowest BCUT2D eigenvalue weighted by atomic mass is 9.91. The maximum Gasteiger partial charge on any atom is 0.239 e. The first-order chi connectivity index (χ1) is 9.41. The van der Waals surface area contributed by atoms with Gasteiger partial charge in [0, 0.05) is 12.0 Å². The van der Waals surface area contributed by atoms with Crippen molar-refractivity contribution in [2.45, 2.75) is 57.4 Å². The minimum atomic E-state index is -0.753. The van der Waals surface area contributed by atoms with Crippen molar-refractivity contribution in [3.8, 4) is 0 Å². The Morgan fingerprint density at radius 1 is 1.40 bits per heavy atom. The van der Waals surface area contributed by atoms with E-state index in [-0.39, 0.29) is 11.3 Å². The number of hydrogen-bond acceptors (Lipinski definition) is 2. The zero-order valence-electron chi connectivity index (χ0n) is 12.8. The number of rotatable bonds is 6. The maximum absolute atomic E-state index is 12.2. The fourth-order valence-electron chi connectivity index (χ4n) is 2.94. The third-order valence-corrected chi connectivity index (χ3v) is 4.45. The molecule has 1 aromatic carbocycles. The summed E-state index contributed by atoms with van der Waals surface area (Å²) in [6.45, 7) is 6.71. The third kappa shape index (κ3) is 3.04. The molecular weight excluding hydrogens is 248 g/mol. The lowest BCUT2D eigenvalue weighted by Gasteiger charge is -2.25. The van der Waals surface area contributed by atoms with Crippen molar-refractivity contribution >= 4 is 5.91 Å². The average Bonchev–Trinajstić information content (AvgIpc) is 3.17. The van der Waals surface area contributed by atoms with Crippen LogP contribution in [-0.2, 0) is 10.2 Å². The Kier molecular flexibility index (Phi) is 4.19. The van der Waals surface area contributed by atoms with Gasteiger partial charge in [0.15, 0.2) is 0 Å². The molecule has 1 aliphatic rings. The predicted octanol–water partition coefficient (Wildman–Crippen LogP) is 2.66. The summed E-state index contributed by atoms with van der Waals surface area (Å²) in [6, 6.07) is 8.46. The van der Waals surface area contributed by atoms with Gasteiger partial charge in [0.05, 0.1) is 5.54 Å². The smallest absolute Gasteiger partial charge is 0.239 e. The van der Waals surface area contributed by atoms with Crippen molar-refractivity contribution < 1.29 is 4.79 Å². The number of carbonyl (C=O) groups excluding carboxylic acids is 1. The summed E-state index contributed by atoms with van der Waals surface area (Å²) in [5.74, 6) is -0.0285. The van der Waals surface area contributed by atoms with Gasteiger partial charge in [-0.15, -0.1) is 0 Å². The van der Waals surface area contributed by atoms with Crippen LogP contribution >= 0.6 is 0 Å². The van der Waals surface area contributed by atoms with E-state index in [0.29, 0.717) is 6.54 Å². The molecule has 3 nitrogen and oxygen atoms in total. The Balaban J connectivity index is 2.01. The normalized spacial score (nSPS) is 19.2. The Morgan fingerprint density at radius 2 is 2.05 bits per heavy atom. The first-order valence-corrected chi connectivity index (χ1v) is 7.55. The fourth-order valence-corrected chi connectivity index (χ4v) is 2.94. The summed E-state index contributed by atoms with van der Waals surface area (Å²) in [5.41, 5.74) is 8.14. The molecule has 2 rings (SSSR count). The first kappa shape index (κ1) is 15.0. The minimum Gasteiger partial charge on any atom is -0.354 e. The van der Waals surface area contributed by atoms with Crippen LogP contribution in [0.25, 0.3) is 0 Å². The number of amides is 1. The van der Waals surface area contributed by atoms with Crippen LogP contribution in [0.5, 0.6) is 0 Å². The summed E-state index contributed by atoms with van der Waals surface area (Å²) in [7, 11) is 0. The van der Waals surface area contributed by atoms with E-state index >= 15 is 0 Å². The van der Waals surface area contributed by atoms with E-state index in [1.165, 1.54) is 11.1 Å². The Hall–Kier alpha value is -1.35. The zero-order valence-corrected chi connectivity index (χ0v) is 12.8. The van der Waals surface area contributed by atoms with Crippen molar-refractivity contribution in [3.63, 3.8) is 0 Å². The van der Waals surface area contributed by atoms with Crippen LogP contribution in [0.1, 0.15) is 50.7 Å². The summed E-state index contributed by atoms with van der Waals surface area (Å²) >= 11 is 0. The van der Waals surface area contributed by atoms with Crippen LogP contribution in [-0.4, -0.2) is 18.0 Å². The van der Waals surface area contributed by atoms with Gasteiger partial charge in [-0.2, -0.15) is 0 Å². The summed E-state index contributed by atoms with van der Waals surface area (Å²) in [5, 5.41) is 3.07. The van der Waals surface area contributed by atoms with Crippen molar-refractivity contribution in [2.75, 3.05) is 6.54 Å². The fraction of sp³-hybridized carbons (Fsp3) is 0.588. The molecule has 20 heavy (non-hydrogen) atoms. The molecule has 1 unspecified atom stereocenters. The highest BCUT2D eigenvalue weighted by atomic mass is 16.2. The van der Waals surface area contributed by atoms with Gasteiger partial charge in [0.2, 0.25) is 5.91 Å². The van der Waals surface area contributed by atoms with Gasteiger partial charge >= 0.3 is 0 Å². The Morgan fingerprint density at radius 3 is 2.60 bits per heavy atom. The minimum absolute atomic E-state index is 0.0285. The molecule has 110 valence electrons. The number of hydrogen-bond donors (Lipinski definition) is 2. The largest absolute Gasteiger partial charge is 0.354 e. The molecule has 3 heteroatoms. The summed E-state index contributed by atoms with van der Waals surface area (Å²) in [4.78, 5) is 12.2. The van der Waals surface area contributed by atoms with Crippen molar-refractivity contribution in [1.82, 2.24) is 5.32 Å². The lowest BCUT2D eigenvalue weighted by molar-refractivity contribution is -0.126. The van der Waals surface area contributed by atoms with Crippen molar-refractivity contribution in [3.05, 3.63) is 35.4 Å². The van der Waals surface area contributed by atoms with Crippen LogP contribution in [0, 0.1) is 6.92 Å². The summed E-state index contributed by atoms with van der Waals surface area (Å²) in [6.07, 6.45) is 3.93. The molecule has 1 saturated carbocycles. The molecule has 0 aromatic heterocycles. The molecule has 1 atom stereocenters. The van der Waals surface area contributed by atoms with Crippen molar-refractivity contribution in [2.24, 2.45) is 5.73 Å². The van der Waals surface area contributed by atoms with E-state index in [0.717, 1.165) is 25.7 Å². The van der Waals surface area contributed by atoms with Crippen LogP contribution in [0.15, 0.2) is 24.3 Å². The predicted molar refractivity (Wildman–Crippen MR) is 82.6 cm³/mol. The topological polar surface area (TPSA) is 55.1 Å². The quantitative estimate of drug-likeness (QED) is 0.838. The van der Waals surface area contributed by atoms with Crippen LogP contribution in [0.3, 0.4) is 0 Å². The monoisotopic (exact) mass is 274 g/mol. The molecule has 1 aliphatic carbocycles. The third-order valence-electron chi connectivity index (χ3n) is 4.45. The van der Waals surface area contributed by atoms with E-state index in [1.54, 1.807) is 0 Å². The molecule has 3 N–H and O–H groups in total. The number of carbonyl (C=O) groups is 1. The van der Waals surface area contributed by atoms with Crippen LogP contribution < -0.4 is 11.1 Å². The maximum atomic E-state index is 12.2. The van der Waals surface area contributed by atoms with Gasteiger partial charge in [-0.3, -0.25) is 4.79 Å². The van der Waals surface area contributed by atoms with Crippen LogP contribution in [0.4, 0.5) is 0 Å².